The van der Waals surface area contributed by atoms with E-state index < -0.39 is 0 Å². The van der Waals surface area contributed by atoms with Crippen LogP contribution in [0.5, 0.6) is 0 Å². The molecule has 2 N–H and O–H groups in total. The van der Waals surface area contributed by atoms with Gasteiger partial charge in [0.25, 0.3) is 0 Å². The maximum atomic E-state index is 8.70. The largest absolute Gasteiger partial charge is 0.411 e. The highest BCUT2D eigenvalue weighted by Crippen LogP contribution is 2.24. The Hall–Kier alpha value is -3.94. The second kappa shape index (κ2) is 28.6. The minimum atomic E-state index is 0. The molecule has 0 spiro atoms. The summed E-state index contributed by atoms with van der Waals surface area (Å²) in [4.78, 5) is 18.2. The molecule has 0 bridgehead atoms. The Morgan fingerprint density at radius 3 is 1.08 bits per heavy atom. The third-order valence-electron chi connectivity index (χ3n) is 7.60. The van der Waals surface area contributed by atoms with Crippen molar-refractivity contribution in [3.05, 3.63) is 85.7 Å². The Labute approximate surface area is 320 Å². The van der Waals surface area contributed by atoms with Gasteiger partial charge < -0.3 is 15.5 Å². The fourth-order valence-electron chi connectivity index (χ4n) is 5.94. The summed E-state index contributed by atoms with van der Waals surface area (Å²) in [7, 11) is 1.55. The number of nitrogens with zero attached hydrogens (tertiary/aromatic N) is 5. The minimum absolute atomic E-state index is 0. The smallest absolute Gasteiger partial charge is 0.106 e. The quantitative estimate of drug-likeness (QED) is 0.143. The van der Waals surface area contributed by atoms with Crippen molar-refractivity contribution in [2.45, 2.75) is 171 Å². The van der Waals surface area contributed by atoms with Gasteiger partial charge in [-0.3, -0.25) is 15.0 Å². The summed E-state index contributed by atoms with van der Waals surface area (Å²) in [5.41, 5.74) is 15.1. The number of nitrogens with one attached hydrogen (secondary N) is 1. The van der Waals surface area contributed by atoms with Crippen LogP contribution in [-0.4, -0.2) is 44.4 Å². The Bertz CT molecular complexity index is 1470. The van der Waals surface area contributed by atoms with Gasteiger partial charge in [0.1, 0.15) is 18.5 Å². The molecule has 0 aliphatic carbocycles. The van der Waals surface area contributed by atoms with E-state index in [0.29, 0.717) is 29.2 Å². The fourth-order valence-corrected chi connectivity index (χ4v) is 5.94. The van der Waals surface area contributed by atoms with Crippen molar-refractivity contribution in [2.75, 3.05) is 7.11 Å². The molecule has 0 aromatic carbocycles. The lowest BCUT2D eigenvalue weighted by Crippen LogP contribution is -2.06. The van der Waals surface area contributed by atoms with Crippen molar-refractivity contribution in [3.8, 4) is 0 Å². The first-order chi connectivity index (χ1) is 23.9. The lowest BCUT2D eigenvalue weighted by molar-refractivity contribution is 0.213. The van der Waals surface area contributed by atoms with Crippen LogP contribution in [0.3, 0.4) is 0 Å². The molecular formula is C44H78N6O2. The molecule has 8 nitrogen and oxygen atoms in total. The second-order valence-electron chi connectivity index (χ2n) is 12.6. The van der Waals surface area contributed by atoms with Gasteiger partial charge in [0.2, 0.25) is 0 Å². The van der Waals surface area contributed by atoms with Crippen LogP contribution in [0.1, 0.15) is 197 Å². The summed E-state index contributed by atoms with van der Waals surface area (Å²) in [5, 5.41) is 23.3. The molecule has 296 valence electrons. The van der Waals surface area contributed by atoms with Crippen molar-refractivity contribution in [3.63, 3.8) is 0 Å². The van der Waals surface area contributed by atoms with E-state index in [2.05, 4.69) is 93.6 Å². The number of aryl methyl sites for hydroxylation is 6. The van der Waals surface area contributed by atoms with E-state index in [4.69, 9.17) is 15.5 Å². The molecule has 3 heterocycles. The summed E-state index contributed by atoms with van der Waals surface area (Å²) in [6, 6.07) is 6.04. The van der Waals surface area contributed by atoms with Crippen molar-refractivity contribution in [1.29, 1.82) is 5.41 Å². The molecule has 0 fully saturated rings. The van der Waals surface area contributed by atoms with Crippen LogP contribution < -0.4 is 0 Å². The number of rotatable bonds is 7. The molecule has 0 aliphatic rings. The van der Waals surface area contributed by atoms with E-state index in [1.165, 1.54) is 33.4 Å². The average molecular weight is 723 g/mol. The minimum Gasteiger partial charge on any atom is -0.411 e. The van der Waals surface area contributed by atoms with Crippen LogP contribution in [0, 0.1) is 47.0 Å². The van der Waals surface area contributed by atoms with Crippen LogP contribution in [0.25, 0.3) is 0 Å². The number of hydrogen-bond donors (Lipinski definition) is 2. The maximum absolute atomic E-state index is 8.70. The van der Waals surface area contributed by atoms with Crippen LogP contribution in [0.15, 0.2) is 28.5 Å². The summed E-state index contributed by atoms with van der Waals surface area (Å²) >= 11 is 0. The van der Waals surface area contributed by atoms with Crippen LogP contribution in [-0.2, 0) is 4.84 Å². The van der Waals surface area contributed by atoms with Crippen LogP contribution in [0.2, 0.25) is 0 Å². The summed E-state index contributed by atoms with van der Waals surface area (Å²) in [6.07, 6.45) is 0. The highest BCUT2D eigenvalue weighted by Gasteiger charge is 2.13. The maximum Gasteiger partial charge on any atom is 0.106 e. The van der Waals surface area contributed by atoms with Gasteiger partial charge in [0.15, 0.2) is 0 Å². The Kier molecular flexibility index (Phi) is 30.2. The topological polar surface area (TPSA) is 117 Å². The van der Waals surface area contributed by atoms with E-state index in [9.17, 15) is 0 Å². The number of aromatic nitrogens is 3. The van der Waals surface area contributed by atoms with Crippen molar-refractivity contribution < 1.29 is 10.0 Å². The van der Waals surface area contributed by atoms with Gasteiger partial charge in [-0.15, -0.1) is 0 Å². The molecule has 52 heavy (non-hydrogen) atoms. The van der Waals surface area contributed by atoms with Crippen molar-refractivity contribution in [1.82, 2.24) is 15.0 Å². The standard InChI is InChI=1S/C13H20N2O.C12H18N2O.C12H18N2.3C2H6.CH4/c1-8(2)13-9(3)7-12(14-11(13)5)10(4)15-16-6;1-7(2)12-8(3)6-11(9(4)14-15)13-10(12)5;1-7(2)12-8(3)6-11(9(4)13)14-10(12)5;3*1-2;/h7-8H,1-6H3;6-7,15H,1-5H3;6-7,13H,1-5H3;3*1-2H3;1H4/b15-10+;14-9+;;;;;. The monoisotopic (exact) mass is 723 g/mol. The Morgan fingerprint density at radius 2 is 0.846 bits per heavy atom. The average Bonchev–Trinajstić information content (AvgIpc) is 3.06. The molecule has 0 radical (unpaired) electrons. The van der Waals surface area contributed by atoms with Gasteiger partial charge in [-0.2, -0.15) is 0 Å². The van der Waals surface area contributed by atoms with Gasteiger partial charge >= 0.3 is 0 Å². The second-order valence-corrected chi connectivity index (χ2v) is 12.6. The summed E-state index contributed by atoms with van der Waals surface area (Å²) in [6.45, 7) is 42.8. The van der Waals surface area contributed by atoms with Gasteiger partial charge in [-0.25, -0.2) is 0 Å². The van der Waals surface area contributed by atoms with Gasteiger partial charge in [-0.05, 0) is 132 Å². The molecule has 0 atom stereocenters. The van der Waals surface area contributed by atoms with Crippen molar-refractivity contribution in [2.24, 2.45) is 10.3 Å². The molecule has 0 unspecified atom stereocenters. The highest BCUT2D eigenvalue weighted by atomic mass is 16.6. The highest BCUT2D eigenvalue weighted by molar-refractivity contribution is 5.97. The fraction of sp³-hybridized carbons (Fsp3) is 0.591. The number of oxime groups is 2. The third kappa shape index (κ3) is 17.5. The Morgan fingerprint density at radius 1 is 0.577 bits per heavy atom. The van der Waals surface area contributed by atoms with Crippen LogP contribution in [0.4, 0.5) is 0 Å². The molecule has 0 amide bonds. The Balaban J connectivity index is -0.000000307. The van der Waals surface area contributed by atoms with Crippen LogP contribution >= 0.6 is 0 Å². The van der Waals surface area contributed by atoms with Gasteiger partial charge in [-0.1, -0.05) is 101 Å². The van der Waals surface area contributed by atoms with Gasteiger partial charge in [0.05, 0.1) is 22.8 Å². The normalized spacial score (nSPS) is 10.5. The molecular weight excluding hydrogens is 645 g/mol. The first-order valence-corrected chi connectivity index (χ1v) is 18.6. The third-order valence-corrected chi connectivity index (χ3v) is 7.60. The lowest BCUT2D eigenvalue weighted by atomic mass is 9.96. The first-order valence-electron chi connectivity index (χ1n) is 18.6. The predicted octanol–water partition coefficient (Wildman–Crippen LogP) is 13.1. The number of hydrogen-bond acceptors (Lipinski definition) is 8. The van der Waals surface area contributed by atoms with Crippen molar-refractivity contribution >= 4 is 17.1 Å². The molecule has 0 saturated carbocycles. The van der Waals surface area contributed by atoms with E-state index >= 15 is 0 Å². The molecule has 0 saturated heterocycles. The van der Waals surface area contributed by atoms with E-state index in [1.54, 1.807) is 21.0 Å². The zero-order valence-corrected chi connectivity index (χ0v) is 36.6. The first kappa shape index (κ1) is 54.8. The van der Waals surface area contributed by atoms with Gasteiger partial charge in [0, 0.05) is 17.1 Å². The zero-order valence-electron chi connectivity index (χ0n) is 36.6. The van der Waals surface area contributed by atoms with E-state index in [-0.39, 0.29) is 7.43 Å². The molecule has 3 aromatic heterocycles. The number of pyridine rings is 3. The molecule has 3 rings (SSSR count). The zero-order chi connectivity index (χ0) is 40.8. The molecule has 8 heteroatoms. The van der Waals surface area contributed by atoms with E-state index in [0.717, 1.165) is 39.9 Å². The summed E-state index contributed by atoms with van der Waals surface area (Å²) in [5.74, 6) is 1.47. The molecule has 3 aromatic rings. The van der Waals surface area contributed by atoms with E-state index in [1.807, 2.05) is 81.4 Å². The molecule has 0 aliphatic heterocycles. The SMILES string of the molecule is C.C/C(=N\O)c1cc(C)c(C(C)C)c(C)n1.CC.CC.CC.CC(=N)c1cc(C)c(C(C)C)c(C)n1.CO/N=C(\C)c1cc(C)c(C(C)C)c(C)n1. The predicted molar refractivity (Wildman–Crippen MR) is 230 cm³/mol. The lowest BCUT2D eigenvalue weighted by Gasteiger charge is -2.14. The summed E-state index contributed by atoms with van der Waals surface area (Å²) < 4.78 is 0.